The van der Waals surface area contributed by atoms with E-state index in [2.05, 4.69) is 15.6 Å². The minimum Gasteiger partial charge on any atom is -0.476 e. The van der Waals surface area contributed by atoms with Gasteiger partial charge < -0.3 is 15.2 Å². The first-order valence-corrected chi connectivity index (χ1v) is 6.05. The van der Waals surface area contributed by atoms with E-state index in [1.54, 1.807) is 11.8 Å². The molecule has 0 saturated carbocycles. The zero-order valence-electron chi connectivity index (χ0n) is 10.6. The van der Waals surface area contributed by atoms with Gasteiger partial charge in [-0.25, -0.2) is 9.48 Å². The van der Waals surface area contributed by atoms with Gasteiger partial charge in [0.1, 0.15) is 0 Å². The first-order chi connectivity index (χ1) is 9.11. The first-order valence-electron chi connectivity index (χ1n) is 6.05. The Balaban J connectivity index is 2.14. The third-order valence-corrected chi connectivity index (χ3v) is 3.06. The zero-order chi connectivity index (χ0) is 13.8. The largest absolute Gasteiger partial charge is 0.476 e. The van der Waals surface area contributed by atoms with Crippen molar-refractivity contribution >= 4 is 11.9 Å². The third-order valence-electron chi connectivity index (χ3n) is 3.06. The lowest BCUT2D eigenvalue weighted by Crippen LogP contribution is -2.30. The van der Waals surface area contributed by atoms with Crippen LogP contribution >= 0.6 is 0 Å². The van der Waals surface area contributed by atoms with Gasteiger partial charge in [-0.2, -0.15) is 0 Å². The summed E-state index contributed by atoms with van der Waals surface area (Å²) in [5, 5.41) is 19.4. The van der Waals surface area contributed by atoms with Crippen molar-refractivity contribution in [1.82, 2.24) is 20.3 Å². The van der Waals surface area contributed by atoms with Crippen LogP contribution in [0.1, 0.15) is 29.0 Å². The number of amides is 1. The predicted octanol–water partition coefficient (Wildman–Crippen LogP) is -0.556. The highest BCUT2D eigenvalue weighted by Crippen LogP contribution is 2.12. The van der Waals surface area contributed by atoms with Gasteiger partial charge in [0, 0.05) is 26.0 Å². The number of rotatable bonds is 6. The molecular formula is C11H16N4O4. The molecule has 0 aromatic carbocycles. The maximum atomic E-state index is 11.1. The SMILES string of the molecule is COCCc1c(C(=O)O)nnn1CC1CCC(=O)N1. The Labute approximate surface area is 109 Å². The molecule has 0 aliphatic carbocycles. The molecule has 1 amide bonds. The molecule has 1 fully saturated rings. The van der Waals surface area contributed by atoms with E-state index >= 15 is 0 Å². The van der Waals surface area contributed by atoms with Gasteiger partial charge in [0.15, 0.2) is 5.69 Å². The van der Waals surface area contributed by atoms with E-state index in [4.69, 9.17) is 9.84 Å². The summed E-state index contributed by atoms with van der Waals surface area (Å²) >= 11 is 0. The molecule has 0 radical (unpaired) electrons. The van der Waals surface area contributed by atoms with Crippen LogP contribution in [0.15, 0.2) is 0 Å². The fourth-order valence-corrected chi connectivity index (χ4v) is 2.11. The van der Waals surface area contributed by atoms with Gasteiger partial charge in [-0.1, -0.05) is 5.21 Å². The Morgan fingerprint density at radius 1 is 1.63 bits per heavy atom. The summed E-state index contributed by atoms with van der Waals surface area (Å²) in [5.74, 6) is -1.09. The molecule has 1 aliphatic rings. The summed E-state index contributed by atoms with van der Waals surface area (Å²) in [4.78, 5) is 22.2. The second-order valence-electron chi connectivity index (χ2n) is 4.42. The standard InChI is InChI=1S/C11H16N4O4/c1-19-5-4-8-10(11(17)18)13-14-15(8)6-7-2-3-9(16)12-7/h7H,2-6H2,1H3,(H,12,16)(H,17,18). The molecule has 104 valence electrons. The van der Waals surface area contributed by atoms with Gasteiger partial charge in [0.25, 0.3) is 0 Å². The van der Waals surface area contributed by atoms with Crippen LogP contribution in [0.3, 0.4) is 0 Å². The van der Waals surface area contributed by atoms with Crippen molar-refractivity contribution in [2.24, 2.45) is 0 Å². The lowest BCUT2D eigenvalue weighted by molar-refractivity contribution is -0.119. The lowest BCUT2D eigenvalue weighted by atomic mass is 10.2. The van der Waals surface area contributed by atoms with Crippen molar-refractivity contribution in [1.29, 1.82) is 0 Å². The van der Waals surface area contributed by atoms with Crippen molar-refractivity contribution in [2.75, 3.05) is 13.7 Å². The number of nitrogens with one attached hydrogen (secondary N) is 1. The Morgan fingerprint density at radius 3 is 3.00 bits per heavy atom. The highest BCUT2D eigenvalue weighted by Gasteiger charge is 2.25. The van der Waals surface area contributed by atoms with Crippen LogP contribution < -0.4 is 5.32 Å². The number of aromatic nitrogens is 3. The first kappa shape index (κ1) is 13.5. The monoisotopic (exact) mass is 268 g/mol. The number of carbonyl (C=O) groups is 2. The number of ether oxygens (including phenoxy) is 1. The molecule has 8 heteroatoms. The summed E-state index contributed by atoms with van der Waals surface area (Å²) in [6, 6.07) is -0.0165. The molecule has 1 saturated heterocycles. The van der Waals surface area contributed by atoms with E-state index in [1.807, 2.05) is 0 Å². The summed E-state index contributed by atoms with van der Waals surface area (Å²) in [7, 11) is 1.55. The normalized spacial score (nSPS) is 18.6. The molecule has 2 rings (SSSR count). The van der Waals surface area contributed by atoms with Crippen molar-refractivity contribution in [3.8, 4) is 0 Å². The van der Waals surface area contributed by atoms with Crippen molar-refractivity contribution < 1.29 is 19.4 Å². The second kappa shape index (κ2) is 5.79. The van der Waals surface area contributed by atoms with E-state index in [9.17, 15) is 9.59 Å². The minimum absolute atomic E-state index is 0.0158. The van der Waals surface area contributed by atoms with Crippen LogP contribution in [0.25, 0.3) is 0 Å². The summed E-state index contributed by atoms with van der Waals surface area (Å²) < 4.78 is 6.50. The summed E-state index contributed by atoms with van der Waals surface area (Å²) in [6.07, 6.45) is 1.65. The molecule has 0 spiro atoms. The molecule has 1 atom stereocenters. The van der Waals surface area contributed by atoms with Crippen LogP contribution in [-0.2, 0) is 22.5 Å². The van der Waals surface area contributed by atoms with Crippen molar-refractivity contribution in [3.05, 3.63) is 11.4 Å². The number of nitrogens with zero attached hydrogens (tertiary/aromatic N) is 3. The van der Waals surface area contributed by atoms with Gasteiger partial charge in [0.05, 0.1) is 18.8 Å². The van der Waals surface area contributed by atoms with Crippen LogP contribution in [0, 0.1) is 0 Å². The predicted molar refractivity (Wildman–Crippen MR) is 63.7 cm³/mol. The zero-order valence-corrected chi connectivity index (χ0v) is 10.6. The fraction of sp³-hybridized carbons (Fsp3) is 0.636. The van der Waals surface area contributed by atoms with Crippen molar-refractivity contribution in [2.45, 2.75) is 31.8 Å². The molecule has 1 unspecified atom stereocenters. The molecule has 0 bridgehead atoms. The lowest BCUT2D eigenvalue weighted by Gasteiger charge is -2.12. The Morgan fingerprint density at radius 2 is 2.42 bits per heavy atom. The third kappa shape index (κ3) is 3.08. The molecule has 1 aromatic heterocycles. The van der Waals surface area contributed by atoms with E-state index in [-0.39, 0.29) is 17.6 Å². The molecule has 2 N–H and O–H groups in total. The minimum atomic E-state index is -1.10. The average Bonchev–Trinajstić information content (AvgIpc) is 2.94. The number of hydrogen-bond acceptors (Lipinski definition) is 5. The topological polar surface area (TPSA) is 106 Å². The Hall–Kier alpha value is -1.96. The van der Waals surface area contributed by atoms with E-state index in [0.717, 1.165) is 6.42 Å². The molecule has 19 heavy (non-hydrogen) atoms. The number of hydrogen-bond donors (Lipinski definition) is 2. The Bertz CT molecular complexity index is 485. The number of carboxylic acid groups (broad SMARTS) is 1. The van der Waals surface area contributed by atoms with Crippen molar-refractivity contribution in [3.63, 3.8) is 0 Å². The van der Waals surface area contributed by atoms with Gasteiger partial charge in [-0.15, -0.1) is 5.10 Å². The second-order valence-corrected chi connectivity index (χ2v) is 4.42. The molecule has 8 nitrogen and oxygen atoms in total. The number of carbonyl (C=O) groups excluding carboxylic acids is 1. The quantitative estimate of drug-likeness (QED) is 0.716. The summed E-state index contributed by atoms with van der Waals surface area (Å²) in [6.45, 7) is 0.829. The van der Waals surface area contributed by atoms with Crippen LogP contribution in [0.5, 0.6) is 0 Å². The highest BCUT2D eigenvalue weighted by atomic mass is 16.5. The Kier molecular flexibility index (Phi) is 4.10. The number of carboxylic acids is 1. The maximum Gasteiger partial charge on any atom is 0.358 e. The van der Waals surface area contributed by atoms with Crippen LogP contribution in [-0.4, -0.2) is 51.7 Å². The van der Waals surface area contributed by atoms with Gasteiger partial charge in [0.2, 0.25) is 5.91 Å². The molecular weight excluding hydrogens is 252 g/mol. The summed E-state index contributed by atoms with van der Waals surface area (Å²) in [5.41, 5.74) is 0.469. The number of methoxy groups -OCH3 is 1. The number of aromatic carboxylic acids is 1. The van der Waals surface area contributed by atoms with Crippen LogP contribution in [0.2, 0.25) is 0 Å². The van der Waals surface area contributed by atoms with Crippen LogP contribution in [0.4, 0.5) is 0 Å². The van der Waals surface area contributed by atoms with Gasteiger partial charge >= 0.3 is 5.97 Å². The molecule has 2 heterocycles. The van der Waals surface area contributed by atoms with Gasteiger partial charge in [-0.3, -0.25) is 4.79 Å². The smallest absolute Gasteiger partial charge is 0.358 e. The van der Waals surface area contributed by atoms with E-state index in [1.165, 1.54) is 0 Å². The van der Waals surface area contributed by atoms with Gasteiger partial charge in [-0.05, 0) is 6.42 Å². The molecule has 1 aliphatic heterocycles. The fourth-order valence-electron chi connectivity index (χ4n) is 2.11. The van der Waals surface area contributed by atoms with E-state index < -0.39 is 5.97 Å². The van der Waals surface area contributed by atoms with E-state index in [0.29, 0.717) is 31.7 Å². The average molecular weight is 268 g/mol. The molecule has 1 aromatic rings. The maximum absolute atomic E-state index is 11.1. The highest BCUT2D eigenvalue weighted by molar-refractivity contribution is 5.86.